The first-order valence-electron chi connectivity index (χ1n) is 8.37. The van der Waals surface area contributed by atoms with E-state index in [1.165, 1.54) is 4.90 Å². The Balaban J connectivity index is 1.88. The summed E-state index contributed by atoms with van der Waals surface area (Å²) < 4.78 is 0.795. The lowest BCUT2D eigenvalue weighted by Crippen LogP contribution is -2.63. The number of aliphatic hydroxyl groups is 1. The molecule has 28 heavy (non-hydrogen) atoms. The van der Waals surface area contributed by atoms with Gasteiger partial charge in [0.1, 0.15) is 11.5 Å². The fraction of sp³-hybridized carbons (Fsp3) is 0.263. The summed E-state index contributed by atoms with van der Waals surface area (Å²) in [5, 5.41) is 24.4. The summed E-state index contributed by atoms with van der Waals surface area (Å²) in [6.45, 7) is -0.231. The van der Waals surface area contributed by atoms with Crippen LogP contribution < -0.4 is 5.32 Å². The van der Waals surface area contributed by atoms with Gasteiger partial charge in [-0.2, -0.15) is 0 Å². The second kappa shape index (κ2) is 8.29. The lowest BCUT2D eigenvalue weighted by molar-refractivity contribution is -0.147. The average Bonchev–Trinajstić information content (AvgIpc) is 2.62. The molecule has 2 aromatic carbocycles. The minimum Gasteiger partial charge on any atom is -0.481 e. The average molecular weight is 488 g/mol. The number of halogens is 3. The number of carboxylic acids is 1. The molecule has 1 saturated heterocycles. The summed E-state index contributed by atoms with van der Waals surface area (Å²) in [7, 11) is 0. The van der Waals surface area contributed by atoms with Gasteiger partial charge in [0, 0.05) is 21.1 Å². The van der Waals surface area contributed by atoms with Gasteiger partial charge in [-0.25, -0.2) is 4.79 Å². The first kappa shape index (κ1) is 20.9. The number of carbonyl (C=O) groups excluding carboxylic acids is 1. The van der Waals surface area contributed by atoms with Gasteiger partial charge in [-0.15, -0.1) is 0 Å². The number of nitrogens with zero attached hydrogens (tertiary/aromatic N) is 1. The highest BCUT2D eigenvalue weighted by molar-refractivity contribution is 9.10. The molecule has 0 saturated carbocycles. The van der Waals surface area contributed by atoms with Gasteiger partial charge in [0.15, 0.2) is 0 Å². The number of carboxylic acid groups (broad SMARTS) is 1. The SMILES string of the molecule is O=C(O)C(c1ccc(Br)cc1)C1(O)CNC(=O)N(Cc2ccc(Cl)cc2Cl)C1. The van der Waals surface area contributed by atoms with Crippen LogP contribution in [0.3, 0.4) is 0 Å². The molecule has 148 valence electrons. The van der Waals surface area contributed by atoms with Gasteiger partial charge < -0.3 is 20.4 Å². The van der Waals surface area contributed by atoms with Gasteiger partial charge in [0.25, 0.3) is 0 Å². The second-order valence-electron chi connectivity index (χ2n) is 6.68. The Hall–Kier alpha value is -1.80. The van der Waals surface area contributed by atoms with E-state index >= 15 is 0 Å². The first-order valence-corrected chi connectivity index (χ1v) is 9.92. The molecule has 2 amide bonds. The molecule has 1 aliphatic rings. The molecule has 0 radical (unpaired) electrons. The summed E-state index contributed by atoms with van der Waals surface area (Å²) in [6, 6.07) is 11.2. The molecular formula is C19H17BrCl2N2O4. The van der Waals surface area contributed by atoms with Gasteiger partial charge >= 0.3 is 12.0 Å². The number of hydrogen-bond acceptors (Lipinski definition) is 3. The number of hydrogen-bond donors (Lipinski definition) is 3. The normalized spacial score (nSPS) is 20.6. The van der Waals surface area contributed by atoms with Crippen molar-refractivity contribution < 1.29 is 19.8 Å². The molecule has 6 nitrogen and oxygen atoms in total. The Labute approximate surface area is 180 Å². The molecule has 0 aliphatic carbocycles. The van der Waals surface area contributed by atoms with Gasteiger partial charge in [-0.1, -0.05) is 57.3 Å². The maximum absolute atomic E-state index is 12.3. The zero-order valence-electron chi connectivity index (χ0n) is 14.5. The van der Waals surface area contributed by atoms with Crippen molar-refractivity contribution in [3.63, 3.8) is 0 Å². The van der Waals surface area contributed by atoms with Crippen molar-refractivity contribution in [1.29, 1.82) is 0 Å². The molecule has 2 unspecified atom stereocenters. The fourth-order valence-corrected chi connectivity index (χ4v) is 4.05. The van der Waals surface area contributed by atoms with Crippen LogP contribution in [0.2, 0.25) is 10.0 Å². The highest BCUT2D eigenvalue weighted by Crippen LogP contribution is 2.33. The smallest absolute Gasteiger partial charge is 0.317 e. The molecule has 0 spiro atoms. The predicted octanol–water partition coefficient (Wildman–Crippen LogP) is 3.88. The summed E-state index contributed by atoms with van der Waals surface area (Å²) in [5.41, 5.74) is -0.619. The minimum atomic E-state index is -1.70. The van der Waals surface area contributed by atoms with Gasteiger partial charge in [-0.05, 0) is 35.4 Å². The molecule has 1 heterocycles. The Morgan fingerprint density at radius 1 is 1.25 bits per heavy atom. The second-order valence-corrected chi connectivity index (χ2v) is 8.44. The van der Waals surface area contributed by atoms with E-state index in [2.05, 4.69) is 21.2 Å². The Bertz CT molecular complexity index is 909. The molecule has 2 atom stereocenters. The Morgan fingerprint density at radius 2 is 1.93 bits per heavy atom. The molecule has 2 aromatic rings. The van der Waals surface area contributed by atoms with Gasteiger partial charge in [0.05, 0.1) is 13.1 Å². The van der Waals surface area contributed by atoms with Crippen LogP contribution in [0.1, 0.15) is 17.0 Å². The van der Waals surface area contributed by atoms with E-state index in [4.69, 9.17) is 23.2 Å². The summed E-state index contributed by atoms with van der Waals surface area (Å²) in [5.74, 6) is -2.39. The van der Waals surface area contributed by atoms with E-state index in [9.17, 15) is 19.8 Å². The van der Waals surface area contributed by atoms with Crippen LogP contribution in [0.4, 0.5) is 4.79 Å². The van der Waals surface area contributed by atoms with Crippen LogP contribution in [0, 0.1) is 0 Å². The number of benzene rings is 2. The molecular weight excluding hydrogens is 471 g/mol. The van der Waals surface area contributed by atoms with Crippen LogP contribution in [0.5, 0.6) is 0 Å². The van der Waals surface area contributed by atoms with Gasteiger partial charge in [-0.3, -0.25) is 4.79 Å². The number of urea groups is 1. The van der Waals surface area contributed by atoms with E-state index in [0.29, 0.717) is 21.2 Å². The van der Waals surface area contributed by atoms with E-state index in [0.717, 1.165) is 4.47 Å². The van der Waals surface area contributed by atoms with Crippen LogP contribution in [0.15, 0.2) is 46.9 Å². The highest BCUT2D eigenvalue weighted by atomic mass is 79.9. The fourth-order valence-electron chi connectivity index (χ4n) is 3.31. The number of β-amino-alcohol motifs (C(OH)–C–C–N with tert-alkyl or cyclic N) is 1. The maximum Gasteiger partial charge on any atom is 0.317 e. The van der Waals surface area contributed by atoms with Crippen LogP contribution in [-0.4, -0.2) is 45.8 Å². The van der Waals surface area contributed by atoms with Crippen molar-refractivity contribution in [2.24, 2.45) is 0 Å². The monoisotopic (exact) mass is 486 g/mol. The first-order chi connectivity index (χ1) is 13.2. The van der Waals surface area contributed by atoms with Crippen molar-refractivity contribution in [2.75, 3.05) is 13.1 Å². The van der Waals surface area contributed by atoms with Crippen molar-refractivity contribution >= 4 is 51.1 Å². The van der Waals surface area contributed by atoms with E-state index in [-0.39, 0.29) is 19.6 Å². The maximum atomic E-state index is 12.3. The minimum absolute atomic E-state index is 0.108. The van der Waals surface area contributed by atoms with E-state index in [1.54, 1.807) is 42.5 Å². The largest absolute Gasteiger partial charge is 0.481 e. The number of carbonyl (C=O) groups is 2. The topological polar surface area (TPSA) is 89.9 Å². The quantitative estimate of drug-likeness (QED) is 0.596. The lowest BCUT2D eigenvalue weighted by atomic mass is 9.80. The summed E-state index contributed by atoms with van der Waals surface area (Å²) in [4.78, 5) is 25.6. The molecule has 1 fully saturated rings. The lowest BCUT2D eigenvalue weighted by Gasteiger charge is -2.42. The molecule has 0 aromatic heterocycles. The Morgan fingerprint density at radius 3 is 2.54 bits per heavy atom. The van der Waals surface area contributed by atoms with E-state index in [1.807, 2.05) is 0 Å². The highest BCUT2D eigenvalue weighted by Gasteiger charge is 2.47. The third-order valence-corrected chi connectivity index (χ3v) is 5.78. The van der Waals surface area contributed by atoms with Crippen LogP contribution >= 0.6 is 39.1 Å². The zero-order valence-corrected chi connectivity index (χ0v) is 17.6. The van der Waals surface area contributed by atoms with Crippen molar-refractivity contribution in [1.82, 2.24) is 10.2 Å². The van der Waals surface area contributed by atoms with Crippen molar-refractivity contribution in [3.05, 3.63) is 68.1 Å². The van der Waals surface area contributed by atoms with Crippen molar-refractivity contribution in [2.45, 2.75) is 18.1 Å². The van der Waals surface area contributed by atoms with Crippen molar-refractivity contribution in [3.8, 4) is 0 Å². The van der Waals surface area contributed by atoms with Crippen LogP contribution in [0.25, 0.3) is 0 Å². The number of nitrogens with one attached hydrogen (secondary N) is 1. The number of amides is 2. The number of rotatable bonds is 5. The molecule has 1 aliphatic heterocycles. The predicted molar refractivity (Wildman–Crippen MR) is 110 cm³/mol. The summed E-state index contributed by atoms with van der Waals surface area (Å²) >= 11 is 15.4. The zero-order chi connectivity index (χ0) is 20.5. The number of aliphatic carboxylic acids is 1. The Kier molecular flexibility index (Phi) is 6.19. The third-order valence-electron chi connectivity index (χ3n) is 4.66. The standard InChI is InChI=1S/C19H17BrCl2N2O4/c20-13-4-1-11(2-5-13)16(17(25)26)19(28)9-23-18(27)24(10-19)8-12-3-6-14(21)7-15(12)22/h1-7,16,28H,8-10H2,(H,23,27)(H,25,26). The van der Waals surface area contributed by atoms with Gasteiger partial charge in [0.2, 0.25) is 0 Å². The van der Waals surface area contributed by atoms with E-state index < -0.39 is 23.5 Å². The molecule has 9 heteroatoms. The molecule has 3 rings (SSSR count). The molecule has 3 N–H and O–H groups in total. The summed E-state index contributed by atoms with van der Waals surface area (Å²) in [6.07, 6.45) is 0. The third kappa shape index (κ3) is 4.43. The molecule has 0 bridgehead atoms. The van der Waals surface area contributed by atoms with Crippen LogP contribution in [-0.2, 0) is 11.3 Å².